The number of amides is 2. The van der Waals surface area contributed by atoms with Gasteiger partial charge in [-0.1, -0.05) is 40.0 Å². The number of carbonyl (C=O) groups is 2. The van der Waals surface area contributed by atoms with Crippen LogP contribution in [0.2, 0.25) is 0 Å². The predicted molar refractivity (Wildman–Crippen MR) is 159 cm³/mol. The van der Waals surface area contributed by atoms with Gasteiger partial charge >= 0.3 is 6.18 Å². The smallest absolute Gasteiger partial charge is 0.393 e. The van der Waals surface area contributed by atoms with Gasteiger partial charge in [-0.2, -0.15) is 13.2 Å². The van der Waals surface area contributed by atoms with Crippen LogP contribution < -0.4 is 11.1 Å². The zero-order chi connectivity index (χ0) is 32.7. The van der Waals surface area contributed by atoms with Crippen molar-refractivity contribution in [2.24, 2.45) is 5.73 Å². The van der Waals surface area contributed by atoms with Crippen LogP contribution in [0.25, 0.3) is 10.4 Å². The Kier molecular flexibility index (Phi) is 16.6. The number of nitrogens with zero attached hydrogens (tertiary/aromatic N) is 3. The summed E-state index contributed by atoms with van der Waals surface area (Å²) in [5.41, 5.74) is 4.88. The average molecular weight is 638 g/mol. The van der Waals surface area contributed by atoms with Crippen molar-refractivity contribution >= 4 is 29.5 Å². The first-order valence-corrected chi connectivity index (χ1v) is 15.4. The molecule has 2 aliphatic rings. The molecule has 3 heterocycles. The van der Waals surface area contributed by atoms with Gasteiger partial charge in [0.1, 0.15) is 12.4 Å². The third-order valence-corrected chi connectivity index (χ3v) is 8.01. The van der Waals surface area contributed by atoms with Gasteiger partial charge in [0.25, 0.3) is 12.3 Å². The van der Waals surface area contributed by atoms with E-state index < -0.39 is 30.6 Å². The van der Waals surface area contributed by atoms with E-state index in [0.717, 1.165) is 42.9 Å². The number of alkyl halides is 5. The summed E-state index contributed by atoms with van der Waals surface area (Å²) in [5, 5.41) is 10.6. The predicted octanol–water partition coefficient (Wildman–Crippen LogP) is 7.27. The molecule has 244 valence electrons. The Morgan fingerprint density at radius 3 is 2.30 bits per heavy atom. The molecule has 1 saturated heterocycles. The molecule has 0 bridgehead atoms. The zero-order valence-corrected chi connectivity index (χ0v) is 26.2. The number of aryl methyl sites for hydroxylation is 1. The van der Waals surface area contributed by atoms with Gasteiger partial charge in [-0.05, 0) is 52.0 Å². The van der Waals surface area contributed by atoms with E-state index >= 15 is 0 Å². The summed E-state index contributed by atoms with van der Waals surface area (Å²) in [7, 11) is 0. The summed E-state index contributed by atoms with van der Waals surface area (Å²) >= 11 is 0.816. The number of anilines is 1. The molecule has 2 aromatic heterocycles. The molecular weight excluding hydrogens is 593 g/mol. The van der Waals surface area contributed by atoms with E-state index in [4.69, 9.17) is 10.8 Å². The van der Waals surface area contributed by atoms with E-state index in [0.29, 0.717) is 17.8 Å². The number of aliphatic hydroxyl groups excluding tert-OH is 1. The van der Waals surface area contributed by atoms with Gasteiger partial charge in [0, 0.05) is 29.4 Å². The van der Waals surface area contributed by atoms with Crippen LogP contribution in [0.3, 0.4) is 0 Å². The number of aromatic nitrogens is 2. The van der Waals surface area contributed by atoms with E-state index in [1.165, 1.54) is 45.4 Å². The largest absolute Gasteiger partial charge is 0.405 e. The van der Waals surface area contributed by atoms with Gasteiger partial charge in [-0.3, -0.25) is 9.59 Å². The number of rotatable bonds is 8. The van der Waals surface area contributed by atoms with E-state index in [9.17, 15) is 31.5 Å². The number of primary amides is 1. The lowest BCUT2D eigenvalue weighted by Crippen LogP contribution is -2.32. The fraction of sp³-hybridized carbons (Fsp3) is 0.655. The van der Waals surface area contributed by atoms with Crippen LogP contribution in [-0.2, 0) is 4.79 Å². The second-order valence-electron chi connectivity index (χ2n) is 10.1. The van der Waals surface area contributed by atoms with Crippen LogP contribution in [0.15, 0.2) is 12.3 Å². The Bertz CT molecular complexity index is 1120. The fourth-order valence-electron chi connectivity index (χ4n) is 4.69. The molecule has 0 aromatic carbocycles. The maximum absolute atomic E-state index is 13.3. The standard InChI is InChI=1S/C13H11F5N4OS.C9H17NO.C5H10O.C2H6/c1-5-9(24-12(22-5)11(19)23)7-3-20-8(2-6(7)10(14)15)21-4-13(16,17)18;1-3-4-9-6-5-8(2)10(9)7-11;6-5-3-1-2-4-5;1-2/h2-3,10H,4H2,1H3,(H2,19,23)(H,20,21);7-9H,3-6H2,1-2H3;5-6H,1-4H2;1-2H3. The van der Waals surface area contributed by atoms with Crippen LogP contribution in [0.1, 0.15) is 107 Å². The van der Waals surface area contributed by atoms with Crippen LogP contribution >= 0.6 is 11.3 Å². The third kappa shape index (κ3) is 12.7. The minimum atomic E-state index is -4.50. The summed E-state index contributed by atoms with van der Waals surface area (Å²) in [4.78, 5) is 31.6. The van der Waals surface area contributed by atoms with Crippen LogP contribution in [0, 0.1) is 6.92 Å². The molecule has 14 heteroatoms. The zero-order valence-electron chi connectivity index (χ0n) is 25.4. The second-order valence-corrected chi connectivity index (χ2v) is 11.1. The third-order valence-electron chi connectivity index (χ3n) is 6.81. The molecule has 4 rings (SSSR count). The highest BCUT2D eigenvalue weighted by Gasteiger charge is 2.29. The number of halogens is 5. The molecule has 8 nitrogen and oxygen atoms in total. The number of aliphatic hydroxyl groups is 1. The summed E-state index contributed by atoms with van der Waals surface area (Å²) in [5.74, 6) is -1.13. The highest BCUT2D eigenvalue weighted by molar-refractivity contribution is 7.17. The maximum atomic E-state index is 13.3. The first-order valence-electron chi connectivity index (χ1n) is 14.5. The van der Waals surface area contributed by atoms with Crippen molar-refractivity contribution in [3.05, 3.63) is 28.5 Å². The van der Waals surface area contributed by atoms with E-state index in [1.54, 1.807) is 0 Å². The minimum absolute atomic E-state index is 0.00920. The number of thiazole rings is 1. The number of likely N-dealkylation sites (tertiary alicyclic amines) is 1. The van der Waals surface area contributed by atoms with Crippen LogP contribution in [0.4, 0.5) is 27.8 Å². The lowest BCUT2D eigenvalue weighted by atomic mass is 10.1. The Hall–Kier alpha value is -2.87. The van der Waals surface area contributed by atoms with Gasteiger partial charge < -0.3 is 21.1 Å². The monoisotopic (exact) mass is 637 g/mol. The second kappa shape index (κ2) is 18.7. The van der Waals surface area contributed by atoms with Crippen molar-refractivity contribution in [2.45, 2.75) is 117 Å². The van der Waals surface area contributed by atoms with Gasteiger partial charge in [0.2, 0.25) is 6.41 Å². The number of nitrogens with one attached hydrogen (secondary N) is 1. The molecule has 4 N–H and O–H groups in total. The molecule has 2 unspecified atom stereocenters. The SMILES string of the molecule is CC.CCCC1CCC(C)N1C=O.Cc1nc(C(N)=O)sc1-c1cnc(NCC(F)(F)F)cc1C(F)F.OC1CCCC1. The maximum Gasteiger partial charge on any atom is 0.405 e. The van der Waals surface area contributed by atoms with Gasteiger partial charge in [-0.25, -0.2) is 18.7 Å². The number of nitrogens with two attached hydrogens (primary N) is 1. The Balaban J connectivity index is 0.000000397. The quantitative estimate of drug-likeness (QED) is 0.207. The summed E-state index contributed by atoms with van der Waals surface area (Å²) in [6, 6.07) is 1.85. The number of hydrogen-bond donors (Lipinski definition) is 3. The molecule has 1 saturated carbocycles. The van der Waals surface area contributed by atoms with Gasteiger partial charge in [-0.15, -0.1) is 11.3 Å². The normalized spacial score (nSPS) is 18.2. The van der Waals surface area contributed by atoms with E-state index in [1.807, 2.05) is 24.1 Å². The van der Waals surface area contributed by atoms with E-state index in [-0.39, 0.29) is 27.4 Å². The molecule has 0 radical (unpaired) electrons. The number of hydrogen-bond acceptors (Lipinski definition) is 7. The molecule has 1 aliphatic heterocycles. The van der Waals surface area contributed by atoms with E-state index in [2.05, 4.69) is 23.8 Å². The topological polar surface area (TPSA) is 121 Å². The first-order chi connectivity index (χ1) is 20.3. The summed E-state index contributed by atoms with van der Waals surface area (Å²) < 4.78 is 63.1. The van der Waals surface area contributed by atoms with Gasteiger partial charge in [0.05, 0.1) is 16.7 Å². The number of carbonyl (C=O) groups excluding carboxylic acids is 2. The Morgan fingerprint density at radius 2 is 1.86 bits per heavy atom. The summed E-state index contributed by atoms with van der Waals surface area (Å²) in [6.07, 6.45) is 3.92. The average Bonchev–Trinajstić information content (AvgIpc) is 3.69. The van der Waals surface area contributed by atoms with Crippen molar-refractivity contribution in [1.82, 2.24) is 14.9 Å². The molecule has 2 fully saturated rings. The Morgan fingerprint density at radius 1 is 1.23 bits per heavy atom. The summed E-state index contributed by atoms with van der Waals surface area (Å²) in [6.45, 7) is 8.41. The van der Waals surface area contributed by atoms with Crippen molar-refractivity contribution in [3.8, 4) is 10.4 Å². The molecular formula is C29H44F5N5O3S. The number of pyridine rings is 1. The molecule has 2 amide bonds. The first kappa shape index (κ1) is 38.2. The molecule has 43 heavy (non-hydrogen) atoms. The fourth-order valence-corrected chi connectivity index (χ4v) is 5.64. The van der Waals surface area contributed by atoms with Gasteiger partial charge in [0.15, 0.2) is 5.01 Å². The molecule has 2 aromatic rings. The Labute approximate surface area is 254 Å². The highest BCUT2D eigenvalue weighted by Crippen LogP contribution is 2.37. The highest BCUT2D eigenvalue weighted by atomic mass is 32.1. The lowest BCUT2D eigenvalue weighted by molar-refractivity contribution is -0.120. The minimum Gasteiger partial charge on any atom is -0.393 e. The van der Waals surface area contributed by atoms with Crippen LogP contribution in [-0.4, -0.2) is 63.2 Å². The lowest BCUT2D eigenvalue weighted by Gasteiger charge is -2.23. The molecule has 0 spiro atoms. The van der Waals surface area contributed by atoms with Crippen molar-refractivity contribution in [2.75, 3.05) is 11.9 Å². The van der Waals surface area contributed by atoms with Crippen LogP contribution in [0.5, 0.6) is 0 Å². The van der Waals surface area contributed by atoms with Crippen molar-refractivity contribution in [1.29, 1.82) is 0 Å². The van der Waals surface area contributed by atoms with Crippen molar-refractivity contribution in [3.63, 3.8) is 0 Å². The van der Waals surface area contributed by atoms with Crippen molar-refractivity contribution < 1.29 is 36.6 Å². The molecule has 2 atom stereocenters. The molecule has 1 aliphatic carbocycles.